The average molecular weight is 379 g/mol. The summed E-state index contributed by atoms with van der Waals surface area (Å²) in [5.74, 6) is -0.765. The Morgan fingerprint density at radius 1 is 1.07 bits per heavy atom. The normalized spacial score (nSPS) is 12.2. The fourth-order valence-corrected chi connectivity index (χ4v) is 3.53. The van der Waals surface area contributed by atoms with Crippen molar-refractivity contribution >= 4 is 17.7 Å². The number of esters is 1. The first-order chi connectivity index (χ1) is 12.6. The number of nitrogens with zero attached hydrogens (tertiary/aromatic N) is 2. The first kappa shape index (κ1) is 22.9. The van der Waals surface area contributed by atoms with E-state index in [0.29, 0.717) is 29.9 Å². The minimum Gasteiger partial charge on any atom is -0.461 e. The molecule has 1 unspecified atom stereocenters. The molecule has 0 bridgehead atoms. The highest BCUT2D eigenvalue weighted by atomic mass is 16.5. The van der Waals surface area contributed by atoms with E-state index in [1.165, 1.54) is 0 Å². The molecule has 1 amide bonds. The van der Waals surface area contributed by atoms with Gasteiger partial charge in [-0.3, -0.25) is 9.59 Å². The van der Waals surface area contributed by atoms with Gasteiger partial charge >= 0.3 is 5.97 Å². The second kappa shape index (κ2) is 9.72. The zero-order valence-corrected chi connectivity index (χ0v) is 18.0. The lowest BCUT2D eigenvalue weighted by Crippen LogP contribution is -2.45. The van der Waals surface area contributed by atoms with Crippen LogP contribution >= 0.6 is 0 Å². The van der Waals surface area contributed by atoms with E-state index >= 15 is 0 Å². The summed E-state index contributed by atoms with van der Waals surface area (Å²) in [7, 11) is 0. The number of ether oxygens (including phenoxy) is 1. The van der Waals surface area contributed by atoms with Crippen LogP contribution < -0.4 is 0 Å². The third-order valence-corrected chi connectivity index (χ3v) is 4.89. The van der Waals surface area contributed by atoms with Gasteiger partial charge in [0.05, 0.1) is 12.6 Å². The molecule has 0 N–H and O–H groups in total. The SMILES string of the molecule is CCCN(C(=O)C(C)C)C(C)C(=O)c1c(C)c(C(=O)OCC)n(CC)c1C. The van der Waals surface area contributed by atoms with Crippen molar-refractivity contribution in [2.75, 3.05) is 13.2 Å². The summed E-state index contributed by atoms with van der Waals surface area (Å²) in [5.41, 5.74) is 2.30. The Morgan fingerprint density at radius 2 is 1.67 bits per heavy atom. The van der Waals surface area contributed by atoms with Crippen molar-refractivity contribution < 1.29 is 19.1 Å². The lowest BCUT2D eigenvalue weighted by molar-refractivity contribution is -0.135. The quantitative estimate of drug-likeness (QED) is 0.484. The Balaban J connectivity index is 3.41. The second-order valence-electron chi connectivity index (χ2n) is 7.13. The number of rotatable bonds is 9. The Morgan fingerprint density at radius 3 is 2.11 bits per heavy atom. The van der Waals surface area contributed by atoms with E-state index < -0.39 is 12.0 Å². The Labute approximate surface area is 162 Å². The van der Waals surface area contributed by atoms with Crippen LogP contribution in [-0.4, -0.2) is 46.3 Å². The maximum atomic E-state index is 13.3. The van der Waals surface area contributed by atoms with Crippen LogP contribution in [0.2, 0.25) is 0 Å². The third kappa shape index (κ3) is 4.60. The van der Waals surface area contributed by atoms with Gasteiger partial charge in [0.1, 0.15) is 5.69 Å². The minimum absolute atomic E-state index is 0.0338. The Hall–Kier alpha value is -2.11. The number of hydrogen-bond donors (Lipinski definition) is 0. The molecule has 0 aliphatic carbocycles. The molecular formula is C21H34N2O4. The number of aromatic nitrogens is 1. The molecule has 1 heterocycles. The van der Waals surface area contributed by atoms with Crippen molar-refractivity contribution in [3.05, 3.63) is 22.5 Å². The highest BCUT2D eigenvalue weighted by Crippen LogP contribution is 2.26. The predicted octanol–water partition coefficient (Wildman–Crippen LogP) is 3.77. The van der Waals surface area contributed by atoms with Crippen LogP contribution in [0.25, 0.3) is 0 Å². The summed E-state index contributed by atoms with van der Waals surface area (Å²) in [6, 6.07) is -0.583. The molecule has 152 valence electrons. The molecule has 0 aliphatic rings. The molecule has 6 nitrogen and oxygen atoms in total. The molecule has 0 spiro atoms. The topological polar surface area (TPSA) is 68.6 Å². The van der Waals surface area contributed by atoms with E-state index in [2.05, 4.69) is 0 Å². The number of hydrogen-bond acceptors (Lipinski definition) is 4. The predicted molar refractivity (Wildman–Crippen MR) is 106 cm³/mol. The van der Waals surface area contributed by atoms with Crippen LogP contribution in [0.3, 0.4) is 0 Å². The van der Waals surface area contributed by atoms with E-state index in [9.17, 15) is 14.4 Å². The molecule has 0 aromatic carbocycles. The highest BCUT2D eigenvalue weighted by Gasteiger charge is 2.33. The van der Waals surface area contributed by atoms with E-state index in [4.69, 9.17) is 4.74 Å². The zero-order chi connectivity index (χ0) is 20.9. The maximum absolute atomic E-state index is 13.3. The van der Waals surface area contributed by atoms with Crippen LogP contribution in [0.4, 0.5) is 0 Å². The van der Waals surface area contributed by atoms with Crippen LogP contribution in [0.15, 0.2) is 0 Å². The molecule has 0 aliphatic heterocycles. The fourth-order valence-electron chi connectivity index (χ4n) is 3.53. The second-order valence-corrected chi connectivity index (χ2v) is 7.13. The molecule has 1 atom stereocenters. The fraction of sp³-hybridized carbons (Fsp3) is 0.667. The average Bonchev–Trinajstić information content (AvgIpc) is 2.87. The number of carbonyl (C=O) groups excluding carboxylic acids is 3. The zero-order valence-electron chi connectivity index (χ0n) is 18.0. The van der Waals surface area contributed by atoms with Crippen molar-refractivity contribution in [3.8, 4) is 0 Å². The van der Waals surface area contributed by atoms with Gasteiger partial charge in [-0.15, -0.1) is 0 Å². The summed E-state index contributed by atoms with van der Waals surface area (Å²) in [6.07, 6.45) is 0.776. The summed E-state index contributed by atoms with van der Waals surface area (Å²) >= 11 is 0. The number of carbonyl (C=O) groups is 3. The van der Waals surface area contributed by atoms with Gasteiger partial charge in [-0.2, -0.15) is 0 Å². The van der Waals surface area contributed by atoms with Crippen LogP contribution in [0, 0.1) is 19.8 Å². The van der Waals surface area contributed by atoms with Crippen LogP contribution in [0.1, 0.15) is 80.1 Å². The lowest BCUT2D eigenvalue weighted by Gasteiger charge is -2.30. The summed E-state index contributed by atoms with van der Waals surface area (Å²) in [6.45, 7) is 16.1. The summed E-state index contributed by atoms with van der Waals surface area (Å²) in [4.78, 5) is 40.0. The standard InChI is InChI=1S/C21H34N2O4/c1-9-12-23(20(25)13(4)5)16(8)19(24)17-14(6)18(21(26)27-11-3)22(10-2)15(17)7/h13,16H,9-12H2,1-8H3. The molecule has 1 rings (SSSR count). The number of Topliss-reactive ketones (excluding diaryl/α,β-unsaturated/α-hetero) is 1. The van der Waals surface area contributed by atoms with E-state index in [1.807, 2.05) is 39.2 Å². The van der Waals surface area contributed by atoms with Gasteiger partial charge < -0.3 is 14.2 Å². The van der Waals surface area contributed by atoms with E-state index in [-0.39, 0.29) is 24.2 Å². The van der Waals surface area contributed by atoms with Crippen molar-refractivity contribution in [1.29, 1.82) is 0 Å². The largest absolute Gasteiger partial charge is 0.461 e. The molecule has 6 heteroatoms. The number of amides is 1. The molecule has 1 aromatic rings. The molecule has 0 saturated carbocycles. The van der Waals surface area contributed by atoms with Gasteiger partial charge in [0.2, 0.25) is 5.91 Å². The summed E-state index contributed by atoms with van der Waals surface area (Å²) < 4.78 is 7.00. The van der Waals surface area contributed by atoms with E-state index in [0.717, 1.165) is 12.1 Å². The van der Waals surface area contributed by atoms with Crippen molar-refractivity contribution in [2.45, 2.75) is 74.4 Å². The van der Waals surface area contributed by atoms with Gasteiger partial charge in [-0.25, -0.2) is 4.79 Å². The molecule has 1 aromatic heterocycles. The van der Waals surface area contributed by atoms with Crippen LogP contribution in [-0.2, 0) is 16.1 Å². The van der Waals surface area contributed by atoms with Crippen LogP contribution in [0.5, 0.6) is 0 Å². The molecule has 0 fully saturated rings. The van der Waals surface area contributed by atoms with Crippen molar-refractivity contribution in [3.63, 3.8) is 0 Å². The van der Waals surface area contributed by atoms with Crippen molar-refractivity contribution in [1.82, 2.24) is 9.47 Å². The van der Waals surface area contributed by atoms with E-state index in [1.54, 1.807) is 25.7 Å². The highest BCUT2D eigenvalue weighted by molar-refractivity contribution is 6.06. The molecular weight excluding hydrogens is 344 g/mol. The van der Waals surface area contributed by atoms with Gasteiger partial charge in [0.25, 0.3) is 0 Å². The van der Waals surface area contributed by atoms with Gasteiger partial charge in [0.15, 0.2) is 5.78 Å². The monoisotopic (exact) mass is 378 g/mol. The first-order valence-electron chi connectivity index (χ1n) is 9.85. The van der Waals surface area contributed by atoms with Crippen molar-refractivity contribution in [2.24, 2.45) is 5.92 Å². The minimum atomic E-state index is -0.583. The molecule has 27 heavy (non-hydrogen) atoms. The lowest BCUT2D eigenvalue weighted by atomic mass is 9.99. The Bertz CT molecular complexity index is 704. The third-order valence-electron chi connectivity index (χ3n) is 4.89. The van der Waals surface area contributed by atoms with Gasteiger partial charge in [-0.1, -0.05) is 20.8 Å². The van der Waals surface area contributed by atoms with Gasteiger partial charge in [-0.05, 0) is 46.6 Å². The summed E-state index contributed by atoms with van der Waals surface area (Å²) in [5, 5.41) is 0. The Kier molecular flexibility index (Phi) is 8.25. The smallest absolute Gasteiger partial charge is 0.355 e. The first-order valence-corrected chi connectivity index (χ1v) is 9.85. The molecule has 0 radical (unpaired) electrons. The molecule has 0 saturated heterocycles. The van der Waals surface area contributed by atoms with Gasteiger partial charge in [0, 0.05) is 30.3 Å². The number of ketones is 1. The maximum Gasteiger partial charge on any atom is 0.355 e.